The molecule has 0 bridgehead atoms. The maximum Gasteiger partial charge on any atom is 0.411 e. The van der Waals surface area contributed by atoms with E-state index in [0.29, 0.717) is 58.1 Å². The van der Waals surface area contributed by atoms with Gasteiger partial charge in [-0.2, -0.15) is 4.68 Å². The van der Waals surface area contributed by atoms with Crippen LogP contribution >= 0.6 is 23.2 Å². The number of aromatic amines is 1. The highest BCUT2D eigenvalue weighted by molar-refractivity contribution is 6.31. The third-order valence-electron chi connectivity index (χ3n) is 6.94. The molecule has 1 atom stereocenters. The third-order valence-corrected chi connectivity index (χ3v) is 7.47. The molecule has 12 nitrogen and oxygen atoms in total. The van der Waals surface area contributed by atoms with Crippen LogP contribution in [-0.2, 0) is 15.9 Å². The Balaban J connectivity index is 1.25. The number of aryl methyl sites for hydroxylation is 1. The fourth-order valence-corrected chi connectivity index (χ4v) is 5.47. The number of hydrogen-bond donors (Lipinski definition) is 2. The molecule has 2 aromatic carbocycles. The number of nitrogens with one attached hydrogen (secondary N) is 2. The minimum absolute atomic E-state index is 0.158. The standard InChI is InChI=1S/C28H24Cl2N8O4/c1-41-10-11-42-28(40)32-19-5-2-16(3-6-19)27-33-25(26(30)34-27)23-9-7-20-12-17(13-24(39)38(20)23)21-14-18(29)4-8-22(21)37-15-31-35-36-37/h2-6,8,12-15,23H,7,9-11H2,1H3,(H,32,40)(H,33,34)/t23-/m0/s1. The Labute approximate surface area is 249 Å². The summed E-state index contributed by atoms with van der Waals surface area (Å²) in [5, 5.41) is 14.9. The quantitative estimate of drug-likeness (QED) is 0.237. The average Bonchev–Trinajstić information content (AvgIpc) is 3.74. The number of H-pyrrole nitrogens is 1. The summed E-state index contributed by atoms with van der Waals surface area (Å²) < 4.78 is 13.2. The second-order valence-corrected chi connectivity index (χ2v) is 10.3. The molecule has 2 N–H and O–H groups in total. The van der Waals surface area contributed by atoms with Gasteiger partial charge in [0, 0.05) is 40.7 Å². The van der Waals surface area contributed by atoms with E-state index in [-0.39, 0.29) is 18.2 Å². The molecule has 1 aliphatic rings. The second kappa shape index (κ2) is 11.8. The van der Waals surface area contributed by atoms with Crippen LogP contribution in [0.5, 0.6) is 0 Å². The highest BCUT2D eigenvalue weighted by Crippen LogP contribution is 2.37. The summed E-state index contributed by atoms with van der Waals surface area (Å²) in [5.74, 6) is 0.548. The topological polar surface area (TPSA) is 142 Å². The van der Waals surface area contributed by atoms with Crippen LogP contribution in [0.4, 0.5) is 10.5 Å². The van der Waals surface area contributed by atoms with Crippen molar-refractivity contribution >= 4 is 35.0 Å². The van der Waals surface area contributed by atoms with Crippen molar-refractivity contribution in [2.45, 2.75) is 18.9 Å². The summed E-state index contributed by atoms with van der Waals surface area (Å²) in [6, 6.07) is 15.7. The number of tetrazole rings is 1. The summed E-state index contributed by atoms with van der Waals surface area (Å²) in [6.07, 6.45) is 2.26. The highest BCUT2D eigenvalue weighted by atomic mass is 35.5. The van der Waals surface area contributed by atoms with Crippen LogP contribution in [0.1, 0.15) is 23.9 Å². The van der Waals surface area contributed by atoms with Crippen molar-refractivity contribution in [2.24, 2.45) is 0 Å². The molecule has 0 fully saturated rings. The first kappa shape index (κ1) is 27.6. The molecule has 1 aliphatic heterocycles. The lowest BCUT2D eigenvalue weighted by Gasteiger charge is -2.15. The zero-order valence-corrected chi connectivity index (χ0v) is 23.8. The number of methoxy groups -OCH3 is 1. The molecular weight excluding hydrogens is 583 g/mol. The third kappa shape index (κ3) is 5.51. The highest BCUT2D eigenvalue weighted by Gasteiger charge is 2.29. The molecule has 0 saturated carbocycles. The van der Waals surface area contributed by atoms with Gasteiger partial charge in [0.25, 0.3) is 5.56 Å². The maximum atomic E-state index is 13.5. The number of pyridine rings is 1. The van der Waals surface area contributed by atoms with Crippen LogP contribution in [0, 0.1) is 0 Å². The van der Waals surface area contributed by atoms with Crippen molar-refractivity contribution in [1.29, 1.82) is 0 Å². The Morgan fingerprint density at radius 3 is 2.69 bits per heavy atom. The molecule has 0 aliphatic carbocycles. The number of carbonyl (C=O) groups is 1. The number of rotatable bonds is 8. The van der Waals surface area contributed by atoms with E-state index < -0.39 is 6.09 Å². The van der Waals surface area contributed by atoms with Gasteiger partial charge in [-0.05, 0) is 77.4 Å². The van der Waals surface area contributed by atoms with Gasteiger partial charge in [-0.3, -0.25) is 10.1 Å². The van der Waals surface area contributed by atoms with Gasteiger partial charge >= 0.3 is 6.09 Å². The molecule has 3 aromatic heterocycles. The molecule has 0 radical (unpaired) electrons. The van der Waals surface area contributed by atoms with Gasteiger partial charge in [-0.25, -0.2) is 9.78 Å². The number of aromatic nitrogens is 7. The fourth-order valence-electron chi connectivity index (χ4n) is 5.04. The second-order valence-electron chi connectivity index (χ2n) is 9.53. The minimum atomic E-state index is -0.571. The Kier molecular flexibility index (Phi) is 7.74. The van der Waals surface area contributed by atoms with Gasteiger partial charge in [0.05, 0.1) is 24.0 Å². The first-order valence-corrected chi connectivity index (χ1v) is 13.7. The molecular formula is C28H24Cl2N8O4. The minimum Gasteiger partial charge on any atom is -0.447 e. The van der Waals surface area contributed by atoms with Crippen LogP contribution in [0.25, 0.3) is 28.2 Å². The lowest BCUT2D eigenvalue weighted by molar-refractivity contribution is 0.107. The molecule has 6 rings (SSSR count). The molecule has 5 aromatic rings. The van der Waals surface area contributed by atoms with Crippen molar-refractivity contribution in [3.8, 4) is 28.2 Å². The molecule has 14 heteroatoms. The predicted molar refractivity (Wildman–Crippen MR) is 156 cm³/mol. The van der Waals surface area contributed by atoms with Crippen molar-refractivity contribution in [3.05, 3.63) is 92.8 Å². The van der Waals surface area contributed by atoms with Crippen molar-refractivity contribution < 1.29 is 14.3 Å². The maximum absolute atomic E-state index is 13.5. The van der Waals surface area contributed by atoms with Crippen LogP contribution in [0.2, 0.25) is 10.2 Å². The van der Waals surface area contributed by atoms with Gasteiger partial charge in [-0.15, -0.1) is 5.10 Å². The van der Waals surface area contributed by atoms with Gasteiger partial charge in [0.2, 0.25) is 0 Å². The molecule has 214 valence electrons. The Morgan fingerprint density at radius 1 is 1.10 bits per heavy atom. The average molecular weight is 607 g/mol. The largest absolute Gasteiger partial charge is 0.447 e. The Morgan fingerprint density at radius 2 is 1.93 bits per heavy atom. The number of amides is 1. The first-order chi connectivity index (χ1) is 20.4. The van der Waals surface area contributed by atoms with E-state index in [0.717, 1.165) is 16.8 Å². The van der Waals surface area contributed by atoms with Crippen LogP contribution in [0.15, 0.2) is 65.7 Å². The van der Waals surface area contributed by atoms with E-state index in [1.807, 2.05) is 12.1 Å². The van der Waals surface area contributed by atoms with Crippen LogP contribution in [0.3, 0.4) is 0 Å². The molecule has 1 amide bonds. The number of fused-ring (bicyclic) bond motifs is 1. The lowest BCUT2D eigenvalue weighted by Crippen LogP contribution is -2.23. The van der Waals surface area contributed by atoms with Gasteiger partial charge in [0.15, 0.2) is 5.15 Å². The van der Waals surface area contributed by atoms with E-state index >= 15 is 0 Å². The van der Waals surface area contributed by atoms with Crippen molar-refractivity contribution in [2.75, 3.05) is 25.6 Å². The van der Waals surface area contributed by atoms with Crippen LogP contribution in [-0.4, -0.2) is 61.2 Å². The van der Waals surface area contributed by atoms with Crippen molar-refractivity contribution in [1.82, 2.24) is 34.7 Å². The Bertz CT molecular complexity index is 1800. The molecule has 0 saturated heterocycles. The predicted octanol–water partition coefficient (Wildman–Crippen LogP) is 4.92. The SMILES string of the molecule is COCCOC(=O)Nc1ccc(-c2nc(Cl)c([C@@H]3CCc4cc(-c5cc(Cl)ccc5-n5cnnn5)cc(=O)n43)[nH]2)cc1. The zero-order chi connectivity index (χ0) is 29.2. The van der Waals surface area contributed by atoms with E-state index in [1.165, 1.54) is 18.1 Å². The molecule has 0 spiro atoms. The van der Waals surface area contributed by atoms with E-state index in [9.17, 15) is 9.59 Å². The smallest absolute Gasteiger partial charge is 0.411 e. The van der Waals surface area contributed by atoms with Crippen LogP contribution < -0.4 is 10.9 Å². The number of nitrogens with zero attached hydrogens (tertiary/aromatic N) is 6. The number of halogens is 2. The summed E-state index contributed by atoms with van der Waals surface area (Å²) in [7, 11) is 1.53. The number of anilines is 1. The summed E-state index contributed by atoms with van der Waals surface area (Å²) in [4.78, 5) is 33.2. The Hall–Kier alpha value is -4.52. The van der Waals surface area contributed by atoms with Gasteiger partial charge in [0.1, 0.15) is 18.8 Å². The van der Waals surface area contributed by atoms with E-state index in [2.05, 4.69) is 30.8 Å². The van der Waals surface area contributed by atoms with E-state index in [4.69, 9.17) is 32.7 Å². The normalized spacial score (nSPS) is 14.1. The summed E-state index contributed by atoms with van der Waals surface area (Å²) in [6.45, 7) is 0.475. The van der Waals surface area contributed by atoms with Crippen molar-refractivity contribution in [3.63, 3.8) is 0 Å². The monoisotopic (exact) mass is 606 g/mol. The lowest BCUT2D eigenvalue weighted by atomic mass is 10.0. The number of hydrogen-bond acceptors (Lipinski definition) is 8. The molecule has 0 unspecified atom stereocenters. The number of ether oxygens (including phenoxy) is 2. The zero-order valence-electron chi connectivity index (χ0n) is 22.3. The number of imidazole rings is 1. The fraction of sp³-hybridized carbons (Fsp3) is 0.214. The molecule has 4 heterocycles. The van der Waals surface area contributed by atoms with Gasteiger partial charge < -0.3 is 19.0 Å². The first-order valence-electron chi connectivity index (χ1n) is 13.0. The number of carbonyl (C=O) groups excluding carboxylic acids is 1. The van der Waals surface area contributed by atoms with E-state index in [1.54, 1.807) is 47.0 Å². The summed E-state index contributed by atoms with van der Waals surface area (Å²) >= 11 is 12.9. The number of benzene rings is 2. The van der Waals surface area contributed by atoms with Gasteiger partial charge in [-0.1, -0.05) is 23.2 Å². The summed E-state index contributed by atoms with van der Waals surface area (Å²) in [5.41, 5.74) is 4.83. The molecule has 42 heavy (non-hydrogen) atoms.